The number of hydrogen-bond donors (Lipinski definition) is 0. The van der Waals surface area contributed by atoms with Crippen molar-refractivity contribution in [1.82, 2.24) is 14.9 Å². The Morgan fingerprint density at radius 1 is 1.08 bits per heavy atom. The lowest BCUT2D eigenvalue weighted by Crippen LogP contribution is -2.01. The van der Waals surface area contributed by atoms with E-state index >= 15 is 0 Å². The van der Waals surface area contributed by atoms with Gasteiger partial charge in [-0.15, -0.1) is 10.2 Å². The Labute approximate surface area is 166 Å². The highest BCUT2D eigenvalue weighted by molar-refractivity contribution is 14.1. The lowest BCUT2D eigenvalue weighted by molar-refractivity contribution is 0.296. The molecule has 0 saturated carbocycles. The summed E-state index contributed by atoms with van der Waals surface area (Å²) in [4.78, 5) is 0. The molecule has 0 amide bonds. The van der Waals surface area contributed by atoms with Crippen molar-refractivity contribution in [2.24, 2.45) is 5.10 Å². The lowest BCUT2D eigenvalue weighted by Gasteiger charge is -2.11. The lowest BCUT2D eigenvalue weighted by atomic mass is 10.1. The number of halogens is 1. The predicted molar refractivity (Wildman–Crippen MR) is 109 cm³/mol. The van der Waals surface area contributed by atoms with Crippen molar-refractivity contribution in [3.63, 3.8) is 0 Å². The van der Waals surface area contributed by atoms with Crippen LogP contribution in [-0.4, -0.2) is 28.2 Å². The molecule has 6 nitrogen and oxygen atoms in total. The van der Waals surface area contributed by atoms with Gasteiger partial charge >= 0.3 is 0 Å². The Hall–Kier alpha value is -2.42. The number of rotatable bonds is 6. The molecule has 0 aliphatic rings. The quantitative estimate of drug-likeness (QED) is 0.411. The normalized spacial score (nSPS) is 11.1. The average molecular weight is 462 g/mol. The van der Waals surface area contributed by atoms with E-state index < -0.39 is 0 Å². The Kier molecular flexibility index (Phi) is 5.87. The van der Waals surface area contributed by atoms with Gasteiger partial charge in [0.05, 0.1) is 13.3 Å². The van der Waals surface area contributed by atoms with Gasteiger partial charge in [-0.05, 0) is 84.5 Å². The maximum atomic E-state index is 5.88. The highest BCUT2D eigenvalue weighted by atomic mass is 127. The fraction of sp³-hybridized carbons (Fsp3) is 0.211. The summed E-state index contributed by atoms with van der Waals surface area (Å²) in [7, 11) is 1.65. The topological polar surface area (TPSA) is 61.5 Å². The maximum Gasteiger partial charge on any atom is 0.151 e. The summed E-state index contributed by atoms with van der Waals surface area (Å²) in [6, 6.07) is 13.8. The first kappa shape index (κ1) is 18.4. The SMILES string of the molecule is COc1ccc(/C=N/n2c(C)nnc2C)cc1COc1ccc(I)cc1. The maximum absolute atomic E-state index is 5.88. The second-order valence-electron chi connectivity index (χ2n) is 5.66. The van der Waals surface area contributed by atoms with E-state index in [9.17, 15) is 0 Å². The molecule has 7 heteroatoms. The molecule has 0 N–H and O–H groups in total. The molecule has 2 aromatic carbocycles. The van der Waals surface area contributed by atoms with E-state index in [2.05, 4.69) is 37.9 Å². The van der Waals surface area contributed by atoms with Gasteiger partial charge in [-0.25, -0.2) is 4.68 Å². The van der Waals surface area contributed by atoms with Gasteiger partial charge in [0.25, 0.3) is 0 Å². The van der Waals surface area contributed by atoms with Crippen molar-refractivity contribution >= 4 is 28.8 Å². The molecule has 0 spiro atoms. The minimum Gasteiger partial charge on any atom is -0.496 e. The van der Waals surface area contributed by atoms with E-state index in [0.717, 1.165) is 34.3 Å². The van der Waals surface area contributed by atoms with Crippen LogP contribution in [0, 0.1) is 17.4 Å². The summed E-state index contributed by atoms with van der Waals surface area (Å²) in [6.07, 6.45) is 1.77. The van der Waals surface area contributed by atoms with E-state index in [-0.39, 0.29) is 0 Å². The first-order chi connectivity index (χ1) is 12.6. The summed E-state index contributed by atoms with van der Waals surface area (Å²) in [5, 5.41) is 12.4. The van der Waals surface area contributed by atoms with Crippen LogP contribution in [-0.2, 0) is 6.61 Å². The van der Waals surface area contributed by atoms with E-state index in [0.29, 0.717) is 6.61 Å². The molecule has 134 valence electrons. The zero-order valence-electron chi connectivity index (χ0n) is 14.8. The first-order valence-corrected chi connectivity index (χ1v) is 9.13. The van der Waals surface area contributed by atoms with Crippen molar-refractivity contribution in [3.05, 3.63) is 68.8 Å². The summed E-state index contributed by atoms with van der Waals surface area (Å²) in [5.41, 5.74) is 1.90. The van der Waals surface area contributed by atoms with Gasteiger partial charge in [0, 0.05) is 9.13 Å². The molecular weight excluding hydrogens is 443 g/mol. The van der Waals surface area contributed by atoms with Crippen LogP contribution >= 0.6 is 22.6 Å². The fourth-order valence-electron chi connectivity index (χ4n) is 2.44. The molecule has 0 atom stereocenters. The molecule has 0 fully saturated rings. The second-order valence-corrected chi connectivity index (χ2v) is 6.91. The summed E-state index contributed by atoms with van der Waals surface area (Å²) < 4.78 is 14.2. The zero-order valence-corrected chi connectivity index (χ0v) is 17.0. The highest BCUT2D eigenvalue weighted by Gasteiger charge is 2.06. The molecule has 0 aliphatic carbocycles. The Morgan fingerprint density at radius 2 is 1.77 bits per heavy atom. The van der Waals surface area contributed by atoms with Crippen LogP contribution in [0.4, 0.5) is 0 Å². The third-order valence-electron chi connectivity index (χ3n) is 3.79. The minimum absolute atomic E-state index is 0.413. The van der Waals surface area contributed by atoms with E-state index in [1.165, 1.54) is 3.57 Å². The van der Waals surface area contributed by atoms with Gasteiger partial charge in [-0.2, -0.15) is 5.10 Å². The van der Waals surface area contributed by atoms with Crippen molar-refractivity contribution in [3.8, 4) is 11.5 Å². The molecule has 0 radical (unpaired) electrons. The van der Waals surface area contributed by atoms with Crippen molar-refractivity contribution in [2.45, 2.75) is 20.5 Å². The average Bonchev–Trinajstić information content (AvgIpc) is 2.97. The molecule has 0 aliphatic heterocycles. The zero-order chi connectivity index (χ0) is 18.5. The number of nitrogens with zero attached hydrogens (tertiary/aromatic N) is 4. The van der Waals surface area contributed by atoms with Crippen LogP contribution in [0.5, 0.6) is 11.5 Å². The van der Waals surface area contributed by atoms with Gasteiger partial charge in [0.2, 0.25) is 0 Å². The number of aryl methyl sites for hydroxylation is 2. The van der Waals surface area contributed by atoms with E-state index in [4.69, 9.17) is 9.47 Å². The molecule has 1 heterocycles. The van der Waals surface area contributed by atoms with Gasteiger partial charge in [-0.1, -0.05) is 0 Å². The van der Waals surface area contributed by atoms with Gasteiger partial charge in [0.1, 0.15) is 18.1 Å². The van der Waals surface area contributed by atoms with E-state index in [1.807, 2.05) is 56.3 Å². The van der Waals surface area contributed by atoms with Crippen LogP contribution in [0.1, 0.15) is 22.8 Å². The molecule has 0 bridgehead atoms. The van der Waals surface area contributed by atoms with Gasteiger partial charge in [0.15, 0.2) is 11.6 Å². The number of aromatic nitrogens is 3. The summed E-state index contributed by atoms with van der Waals surface area (Å²) in [5.74, 6) is 3.09. The third kappa shape index (κ3) is 4.40. The van der Waals surface area contributed by atoms with Gasteiger partial charge < -0.3 is 9.47 Å². The van der Waals surface area contributed by atoms with Gasteiger partial charge in [-0.3, -0.25) is 0 Å². The standard InChI is InChI=1S/C19H19IN4O2/c1-13-22-23-14(2)24(13)21-11-15-4-9-19(25-3)16(10-15)12-26-18-7-5-17(20)6-8-18/h4-11H,12H2,1-3H3/b21-11+. The van der Waals surface area contributed by atoms with Crippen LogP contribution < -0.4 is 9.47 Å². The van der Waals surface area contributed by atoms with Crippen molar-refractivity contribution in [2.75, 3.05) is 7.11 Å². The molecule has 3 aromatic rings. The number of methoxy groups -OCH3 is 1. The van der Waals surface area contributed by atoms with Crippen LogP contribution in [0.25, 0.3) is 0 Å². The summed E-state index contributed by atoms with van der Waals surface area (Å²) in [6.45, 7) is 4.15. The first-order valence-electron chi connectivity index (χ1n) is 8.05. The van der Waals surface area contributed by atoms with Crippen molar-refractivity contribution < 1.29 is 9.47 Å². The number of hydrogen-bond acceptors (Lipinski definition) is 5. The van der Waals surface area contributed by atoms with Crippen LogP contribution in [0.2, 0.25) is 0 Å². The summed E-state index contributed by atoms with van der Waals surface area (Å²) >= 11 is 2.27. The molecule has 26 heavy (non-hydrogen) atoms. The molecule has 1 aromatic heterocycles. The Morgan fingerprint density at radius 3 is 2.42 bits per heavy atom. The second kappa shape index (κ2) is 8.31. The van der Waals surface area contributed by atoms with Crippen LogP contribution in [0.15, 0.2) is 47.6 Å². The molecule has 0 saturated heterocycles. The monoisotopic (exact) mass is 462 g/mol. The minimum atomic E-state index is 0.413. The van der Waals surface area contributed by atoms with E-state index in [1.54, 1.807) is 18.0 Å². The van der Waals surface area contributed by atoms with Crippen LogP contribution in [0.3, 0.4) is 0 Å². The number of ether oxygens (including phenoxy) is 2. The molecule has 0 unspecified atom stereocenters. The smallest absolute Gasteiger partial charge is 0.151 e. The molecule has 3 rings (SSSR count). The highest BCUT2D eigenvalue weighted by Crippen LogP contribution is 2.22. The third-order valence-corrected chi connectivity index (χ3v) is 4.51. The number of benzene rings is 2. The molecular formula is C19H19IN4O2. The predicted octanol–water partition coefficient (Wildman–Crippen LogP) is 3.97. The largest absolute Gasteiger partial charge is 0.496 e. The Balaban J connectivity index is 1.78. The van der Waals surface area contributed by atoms with Crippen molar-refractivity contribution in [1.29, 1.82) is 0 Å². The Bertz CT molecular complexity index is 900. The fourth-order valence-corrected chi connectivity index (χ4v) is 2.80.